The molecule has 0 aliphatic rings. The number of rotatable bonds is 8. The molecule has 2 N–H and O–H groups in total. The van der Waals surface area contributed by atoms with Gasteiger partial charge in [-0.2, -0.15) is 0 Å². The first-order chi connectivity index (χ1) is 9.81. The van der Waals surface area contributed by atoms with E-state index in [1.54, 1.807) is 12.1 Å². The SMILES string of the molecule is CC(C)CCN(CCC(C)C)c1ccc(F)cc1[C@H](C)N. The molecule has 0 fully saturated rings. The van der Waals surface area contributed by atoms with Crippen molar-refractivity contribution in [3.63, 3.8) is 0 Å². The van der Waals surface area contributed by atoms with E-state index in [9.17, 15) is 4.39 Å². The molecule has 1 atom stereocenters. The van der Waals surface area contributed by atoms with Crippen LogP contribution in [0.25, 0.3) is 0 Å². The molecule has 21 heavy (non-hydrogen) atoms. The van der Waals surface area contributed by atoms with Crippen molar-refractivity contribution in [3.05, 3.63) is 29.6 Å². The molecular weight excluding hydrogens is 263 g/mol. The highest BCUT2D eigenvalue weighted by molar-refractivity contribution is 5.55. The highest BCUT2D eigenvalue weighted by atomic mass is 19.1. The number of nitrogens with two attached hydrogens (primary N) is 1. The molecule has 120 valence electrons. The molecule has 0 unspecified atom stereocenters. The molecule has 0 amide bonds. The van der Waals surface area contributed by atoms with Gasteiger partial charge < -0.3 is 10.6 Å². The minimum Gasteiger partial charge on any atom is -0.371 e. The molecule has 0 aliphatic carbocycles. The van der Waals surface area contributed by atoms with Crippen LogP contribution >= 0.6 is 0 Å². The number of hydrogen-bond donors (Lipinski definition) is 1. The van der Waals surface area contributed by atoms with Crippen molar-refractivity contribution in [2.24, 2.45) is 17.6 Å². The number of halogens is 1. The van der Waals surface area contributed by atoms with Crippen molar-refractivity contribution < 1.29 is 4.39 Å². The van der Waals surface area contributed by atoms with Crippen LogP contribution in [0.15, 0.2) is 18.2 Å². The molecule has 0 bridgehead atoms. The van der Waals surface area contributed by atoms with Gasteiger partial charge in [0.25, 0.3) is 0 Å². The van der Waals surface area contributed by atoms with Gasteiger partial charge in [-0.25, -0.2) is 4.39 Å². The van der Waals surface area contributed by atoms with Crippen molar-refractivity contribution in [1.29, 1.82) is 0 Å². The van der Waals surface area contributed by atoms with Crippen LogP contribution in [0, 0.1) is 17.7 Å². The minimum atomic E-state index is -0.210. The Morgan fingerprint density at radius 2 is 1.52 bits per heavy atom. The minimum absolute atomic E-state index is 0.156. The van der Waals surface area contributed by atoms with E-state index >= 15 is 0 Å². The van der Waals surface area contributed by atoms with Crippen molar-refractivity contribution in [2.75, 3.05) is 18.0 Å². The summed E-state index contributed by atoms with van der Waals surface area (Å²) in [5.41, 5.74) is 8.04. The first-order valence-corrected chi connectivity index (χ1v) is 8.11. The second kappa shape index (κ2) is 8.38. The van der Waals surface area contributed by atoms with Crippen LogP contribution in [0.1, 0.15) is 59.1 Å². The molecule has 2 nitrogen and oxygen atoms in total. The quantitative estimate of drug-likeness (QED) is 0.750. The monoisotopic (exact) mass is 294 g/mol. The van der Waals surface area contributed by atoms with Gasteiger partial charge in [0.1, 0.15) is 5.82 Å². The fourth-order valence-corrected chi connectivity index (χ4v) is 2.36. The van der Waals surface area contributed by atoms with Crippen molar-refractivity contribution in [3.8, 4) is 0 Å². The summed E-state index contributed by atoms with van der Waals surface area (Å²) in [5, 5.41) is 0. The zero-order valence-corrected chi connectivity index (χ0v) is 14.2. The number of nitrogens with zero attached hydrogens (tertiary/aromatic N) is 1. The largest absolute Gasteiger partial charge is 0.371 e. The average molecular weight is 294 g/mol. The Balaban J connectivity index is 3.00. The molecule has 0 saturated carbocycles. The summed E-state index contributed by atoms with van der Waals surface area (Å²) >= 11 is 0. The van der Waals surface area contributed by atoms with E-state index in [1.165, 1.54) is 0 Å². The molecule has 0 radical (unpaired) electrons. The normalized spacial score (nSPS) is 13.0. The maximum absolute atomic E-state index is 13.5. The van der Waals surface area contributed by atoms with Gasteiger partial charge in [0.2, 0.25) is 0 Å². The lowest BCUT2D eigenvalue weighted by molar-refractivity contribution is 0.533. The third-order valence-corrected chi connectivity index (χ3v) is 3.77. The molecule has 0 spiro atoms. The number of anilines is 1. The van der Waals surface area contributed by atoms with E-state index in [0.29, 0.717) is 11.8 Å². The Bertz CT molecular complexity index is 415. The molecule has 0 heterocycles. The lowest BCUT2D eigenvalue weighted by Crippen LogP contribution is -2.29. The molecule has 0 aliphatic heterocycles. The van der Waals surface area contributed by atoms with E-state index in [2.05, 4.69) is 32.6 Å². The van der Waals surface area contributed by atoms with Gasteiger partial charge >= 0.3 is 0 Å². The Labute approximate surface area is 129 Å². The summed E-state index contributed by atoms with van der Waals surface area (Å²) in [6.45, 7) is 12.8. The zero-order chi connectivity index (χ0) is 16.0. The third kappa shape index (κ3) is 6.04. The molecule has 1 aromatic rings. The molecule has 0 saturated heterocycles. The van der Waals surface area contributed by atoms with E-state index < -0.39 is 0 Å². The first kappa shape index (κ1) is 18.0. The smallest absolute Gasteiger partial charge is 0.123 e. The Kier molecular flexibility index (Phi) is 7.16. The van der Waals surface area contributed by atoms with E-state index in [4.69, 9.17) is 5.73 Å². The molecular formula is C18H31FN2. The molecule has 3 heteroatoms. The van der Waals surface area contributed by atoms with Crippen molar-refractivity contribution in [2.45, 2.75) is 53.5 Å². The zero-order valence-electron chi connectivity index (χ0n) is 14.2. The van der Waals surface area contributed by atoms with Crippen LogP contribution in [0.5, 0.6) is 0 Å². The maximum Gasteiger partial charge on any atom is 0.123 e. The van der Waals surface area contributed by atoms with E-state index in [-0.39, 0.29) is 11.9 Å². The first-order valence-electron chi connectivity index (χ1n) is 8.11. The fraction of sp³-hybridized carbons (Fsp3) is 0.667. The standard InChI is InChI=1S/C18H31FN2/c1-13(2)8-10-21(11-9-14(3)4)18-7-6-16(19)12-17(18)15(5)20/h6-7,12-15H,8-11,20H2,1-5H3/t15-/m0/s1. The fourth-order valence-electron chi connectivity index (χ4n) is 2.36. The van der Waals surface area contributed by atoms with Crippen LogP contribution in [-0.2, 0) is 0 Å². The predicted octanol–water partition coefficient (Wildman–Crippen LogP) is 4.74. The Hall–Kier alpha value is -1.09. The summed E-state index contributed by atoms with van der Waals surface area (Å²) in [5.74, 6) is 1.11. The highest BCUT2D eigenvalue weighted by Crippen LogP contribution is 2.27. The highest BCUT2D eigenvalue weighted by Gasteiger charge is 2.15. The summed E-state index contributed by atoms with van der Waals surface area (Å²) in [4.78, 5) is 2.37. The number of benzene rings is 1. The van der Waals surface area contributed by atoms with Gasteiger partial charge in [0.05, 0.1) is 0 Å². The number of hydrogen-bond acceptors (Lipinski definition) is 2. The van der Waals surface area contributed by atoms with Gasteiger partial charge in [-0.05, 0) is 55.4 Å². The van der Waals surface area contributed by atoms with Crippen LogP contribution in [0.4, 0.5) is 10.1 Å². The Morgan fingerprint density at radius 3 is 1.95 bits per heavy atom. The topological polar surface area (TPSA) is 29.3 Å². The van der Waals surface area contributed by atoms with Crippen LogP contribution < -0.4 is 10.6 Å². The van der Waals surface area contributed by atoms with Gasteiger partial charge in [0.15, 0.2) is 0 Å². The lowest BCUT2D eigenvalue weighted by Gasteiger charge is -2.29. The van der Waals surface area contributed by atoms with Crippen LogP contribution in [0.3, 0.4) is 0 Å². The van der Waals surface area contributed by atoms with Crippen LogP contribution in [0.2, 0.25) is 0 Å². The summed E-state index contributed by atoms with van der Waals surface area (Å²) in [6.07, 6.45) is 2.27. The third-order valence-electron chi connectivity index (χ3n) is 3.77. The summed E-state index contributed by atoms with van der Waals surface area (Å²) in [7, 11) is 0. The van der Waals surface area contributed by atoms with Crippen LogP contribution in [-0.4, -0.2) is 13.1 Å². The molecule has 1 rings (SSSR count). The molecule has 0 aromatic heterocycles. The van der Waals surface area contributed by atoms with Gasteiger partial charge in [-0.1, -0.05) is 27.7 Å². The second-order valence-corrected chi connectivity index (χ2v) is 6.84. The summed E-state index contributed by atoms with van der Waals surface area (Å²) in [6, 6.07) is 4.85. The van der Waals surface area contributed by atoms with Gasteiger partial charge in [0, 0.05) is 24.8 Å². The Morgan fingerprint density at radius 1 is 1.00 bits per heavy atom. The van der Waals surface area contributed by atoms with E-state index in [1.807, 2.05) is 13.0 Å². The van der Waals surface area contributed by atoms with Crippen molar-refractivity contribution >= 4 is 5.69 Å². The van der Waals surface area contributed by atoms with E-state index in [0.717, 1.165) is 37.2 Å². The van der Waals surface area contributed by atoms with Crippen molar-refractivity contribution in [1.82, 2.24) is 0 Å². The predicted molar refractivity (Wildman–Crippen MR) is 90.1 cm³/mol. The van der Waals surface area contributed by atoms with Gasteiger partial charge in [-0.15, -0.1) is 0 Å². The summed E-state index contributed by atoms with van der Waals surface area (Å²) < 4.78 is 13.5. The average Bonchev–Trinajstić information content (AvgIpc) is 2.38. The lowest BCUT2D eigenvalue weighted by atomic mass is 10.0. The second-order valence-electron chi connectivity index (χ2n) is 6.84. The maximum atomic E-state index is 13.5. The molecule has 1 aromatic carbocycles. The van der Waals surface area contributed by atoms with Gasteiger partial charge in [-0.3, -0.25) is 0 Å².